The second kappa shape index (κ2) is 7.97. The van der Waals surface area contributed by atoms with Crippen LogP contribution in [-0.2, 0) is 0 Å². The van der Waals surface area contributed by atoms with Crippen LogP contribution < -0.4 is 0 Å². The molecule has 1 aromatic heterocycles. The molecule has 0 radical (unpaired) electrons. The van der Waals surface area contributed by atoms with Gasteiger partial charge in [0.1, 0.15) is 5.82 Å². The average molecular weight is 674 g/mol. The quantitative estimate of drug-likeness (QED) is 0.229. The van der Waals surface area contributed by atoms with Gasteiger partial charge in [-0.25, -0.2) is 4.98 Å². The number of aromatic amines is 1. The van der Waals surface area contributed by atoms with Crippen molar-refractivity contribution in [2.45, 2.75) is 0 Å². The molecular formula is C21H13I3N2. The van der Waals surface area contributed by atoms with Gasteiger partial charge in [-0.2, -0.15) is 0 Å². The maximum atomic E-state index is 4.97. The normalized spacial score (nSPS) is 10.9. The summed E-state index contributed by atoms with van der Waals surface area (Å²) in [6, 6.07) is 25.4. The van der Waals surface area contributed by atoms with Crippen LogP contribution in [0.2, 0.25) is 0 Å². The van der Waals surface area contributed by atoms with Crippen LogP contribution in [-0.4, -0.2) is 9.97 Å². The molecule has 0 aliphatic rings. The Morgan fingerprint density at radius 3 is 1.73 bits per heavy atom. The lowest BCUT2D eigenvalue weighted by molar-refractivity contribution is 1.31. The number of nitrogens with one attached hydrogen (secondary N) is 1. The third kappa shape index (κ3) is 3.99. The third-order valence-corrected chi connectivity index (χ3v) is 6.03. The van der Waals surface area contributed by atoms with Crippen molar-refractivity contribution in [2.75, 3.05) is 0 Å². The smallest absolute Gasteiger partial charge is 0.138 e. The van der Waals surface area contributed by atoms with Gasteiger partial charge < -0.3 is 4.98 Å². The lowest BCUT2D eigenvalue weighted by Crippen LogP contribution is -1.85. The molecule has 1 heterocycles. The second-order valence-corrected chi connectivity index (χ2v) is 9.58. The fourth-order valence-electron chi connectivity index (χ4n) is 2.84. The Morgan fingerprint density at radius 1 is 0.615 bits per heavy atom. The van der Waals surface area contributed by atoms with Crippen molar-refractivity contribution in [2.24, 2.45) is 0 Å². The number of hydrogen-bond acceptors (Lipinski definition) is 1. The highest BCUT2D eigenvalue weighted by Crippen LogP contribution is 2.34. The molecule has 0 spiro atoms. The molecule has 0 saturated carbocycles. The number of rotatable bonds is 3. The van der Waals surface area contributed by atoms with E-state index in [9.17, 15) is 0 Å². The fourth-order valence-corrected chi connectivity index (χ4v) is 4.47. The molecule has 4 aromatic rings. The molecule has 5 heteroatoms. The number of nitrogens with zero attached hydrogens (tertiary/aromatic N) is 1. The summed E-state index contributed by atoms with van der Waals surface area (Å²) < 4.78 is 3.61. The number of aromatic nitrogens is 2. The van der Waals surface area contributed by atoms with Gasteiger partial charge in [0.25, 0.3) is 0 Å². The molecule has 0 saturated heterocycles. The van der Waals surface area contributed by atoms with Crippen LogP contribution in [0.5, 0.6) is 0 Å². The van der Waals surface area contributed by atoms with Gasteiger partial charge in [-0.1, -0.05) is 36.4 Å². The van der Waals surface area contributed by atoms with Crippen molar-refractivity contribution in [1.29, 1.82) is 0 Å². The molecule has 4 rings (SSSR count). The maximum Gasteiger partial charge on any atom is 0.138 e. The van der Waals surface area contributed by atoms with E-state index in [0.29, 0.717) is 0 Å². The lowest BCUT2D eigenvalue weighted by atomic mass is 10.1. The number of hydrogen-bond donors (Lipinski definition) is 1. The second-order valence-electron chi connectivity index (χ2n) is 5.84. The van der Waals surface area contributed by atoms with Crippen LogP contribution in [0.4, 0.5) is 0 Å². The van der Waals surface area contributed by atoms with Gasteiger partial charge in [0.15, 0.2) is 0 Å². The van der Waals surface area contributed by atoms with Crippen molar-refractivity contribution in [3.05, 3.63) is 83.5 Å². The molecule has 2 nitrogen and oxygen atoms in total. The Kier molecular flexibility index (Phi) is 5.65. The van der Waals surface area contributed by atoms with Gasteiger partial charge in [0, 0.05) is 27.4 Å². The molecule has 26 heavy (non-hydrogen) atoms. The van der Waals surface area contributed by atoms with Crippen molar-refractivity contribution >= 4 is 67.8 Å². The zero-order valence-corrected chi connectivity index (χ0v) is 20.0. The van der Waals surface area contributed by atoms with Gasteiger partial charge in [-0.15, -0.1) is 0 Å². The molecule has 1 N–H and O–H groups in total. The summed E-state index contributed by atoms with van der Waals surface area (Å²) in [5, 5.41) is 0. The largest absolute Gasteiger partial charge is 0.337 e. The first-order valence-corrected chi connectivity index (χ1v) is 11.2. The summed E-state index contributed by atoms with van der Waals surface area (Å²) in [5.74, 6) is 0.895. The zero-order valence-electron chi connectivity index (χ0n) is 13.5. The van der Waals surface area contributed by atoms with Crippen LogP contribution in [0.25, 0.3) is 33.9 Å². The maximum absolute atomic E-state index is 4.97. The first kappa shape index (κ1) is 18.4. The predicted octanol–water partition coefficient (Wildman–Crippen LogP) is 7.22. The topological polar surface area (TPSA) is 28.7 Å². The number of H-pyrrole nitrogens is 1. The zero-order chi connectivity index (χ0) is 18.1. The van der Waals surface area contributed by atoms with Gasteiger partial charge in [-0.05, 0) is 104 Å². The Balaban J connectivity index is 1.93. The summed E-state index contributed by atoms with van der Waals surface area (Å²) in [7, 11) is 0. The van der Waals surface area contributed by atoms with Crippen molar-refractivity contribution in [1.82, 2.24) is 9.97 Å². The summed E-state index contributed by atoms with van der Waals surface area (Å²) in [6.45, 7) is 0. The van der Waals surface area contributed by atoms with E-state index in [1.165, 1.54) is 10.7 Å². The van der Waals surface area contributed by atoms with E-state index >= 15 is 0 Å². The van der Waals surface area contributed by atoms with E-state index in [-0.39, 0.29) is 0 Å². The van der Waals surface area contributed by atoms with Crippen molar-refractivity contribution in [3.63, 3.8) is 0 Å². The number of imidazole rings is 1. The Morgan fingerprint density at radius 2 is 1.12 bits per heavy atom. The summed E-state index contributed by atoms with van der Waals surface area (Å²) in [6.07, 6.45) is 0. The van der Waals surface area contributed by atoms with Crippen LogP contribution in [0, 0.1) is 10.7 Å². The fraction of sp³-hybridized carbons (Fsp3) is 0. The van der Waals surface area contributed by atoms with E-state index in [1.807, 2.05) is 0 Å². The summed E-state index contributed by atoms with van der Waals surface area (Å²) in [4.78, 5) is 8.54. The Hall–Kier alpha value is -0.940. The lowest BCUT2D eigenvalue weighted by Gasteiger charge is -2.04. The minimum absolute atomic E-state index is 0.895. The van der Waals surface area contributed by atoms with Crippen LogP contribution >= 0.6 is 67.8 Å². The van der Waals surface area contributed by atoms with Crippen LogP contribution in [0.15, 0.2) is 72.8 Å². The molecular weight excluding hydrogens is 661 g/mol. The van der Waals surface area contributed by atoms with E-state index < -0.39 is 0 Å². The molecule has 128 valence electrons. The van der Waals surface area contributed by atoms with Crippen LogP contribution in [0.3, 0.4) is 0 Å². The Labute approximate surface area is 193 Å². The van der Waals surface area contributed by atoms with Crippen molar-refractivity contribution < 1.29 is 0 Å². The summed E-state index contributed by atoms with van der Waals surface area (Å²) in [5.41, 5.74) is 5.41. The molecule has 0 bridgehead atoms. The van der Waals surface area contributed by atoms with Gasteiger partial charge >= 0.3 is 0 Å². The van der Waals surface area contributed by atoms with E-state index in [2.05, 4.69) is 146 Å². The van der Waals surface area contributed by atoms with Gasteiger partial charge in [0.2, 0.25) is 0 Å². The predicted molar refractivity (Wildman–Crippen MR) is 133 cm³/mol. The Bertz CT molecular complexity index is 1020. The number of benzene rings is 3. The van der Waals surface area contributed by atoms with Crippen LogP contribution in [0.1, 0.15) is 0 Å². The first-order chi connectivity index (χ1) is 12.6. The van der Waals surface area contributed by atoms with Crippen molar-refractivity contribution in [3.8, 4) is 33.9 Å². The molecule has 0 amide bonds. The molecule has 0 aliphatic heterocycles. The first-order valence-electron chi connectivity index (χ1n) is 7.98. The minimum atomic E-state index is 0.895. The standard InChI is InChI=1S/C21H13I3N2/c22-16-7-1-4-13(10-16)19-20(14-5-2-8-17(23)11-14)26-21(25-19)15-6-3-9-18(24)12-15/h1-12H,(H,25,26). The van der Waals surface area contributed by atoms with Gasteiger partial charge in [0.05, 0.1) is 11.4 Å². The van der Waals surface area contributed by atoms with Gasteiger partial charge in [-0.3, -0.25) is 0 Å². The number of halogens is 3. The van der Waals surface area contributed by atoms with E-state index in [1.54, 1.807) is 0 Å². The van der Waals surface area contributed by atoms with E-state index in [0.717, 1.165) is 33.9 Å². The summed E-state index contributed by atoms with van der Waals surface area (Å²) >= 11 is 7.03. The van der Waals surface area contributed by atoms with E-state index in [4.69, 9.17) is 4.98 Å². The molecule has 0 unspecified atom stereocenters. The highest BCUT2D eigenvalue weighted by atomic mass is 127. The minimum Gasteiger partial charge on any atom is -0.337 e. The highest BCUT2D eigenvalue weighted by molar-refractivity contribution is 14.1. The third-order valence-electron chi connectivity index (χ3n) is 4.01. The average Bonchev–Trinajstić information content (AvgIpc) is 3.07. The molecule has 0 fully saturated rings. The monoisotopic (exact) mass is 674 g/mol. The highest BCUT2D eigenvalue weighted by Gasteiger charge is 2.16. The molecule has 0 atom stereocenters. The molecule has 3 aromatic carbocycles. The SMILES string of the molecule is Ic1cccc(-c2nc(-c3cccc(I)c3)c(-c3cccc(I)c3)[nH]2)c1. The molecule has 0 aliphatic carbocycles.